The lowest BCUT2D eigenvalue weighted by Gasteiger charge is -2.09. The Hall–Kier alpha value is -2.07. The zero-order chi connectivity index (χ0) is 13.1. The Morgan fingerprint density at radius 1 is 1.28 bits per heavy atom. The molecule has 0 saturated carbocycles. The molecule has 4 nitrogen and oxygen atoms in total. The Morgan fingerprint density at radius 2 is 2.00 bits per heavy atom. The van der Waals surface area contributed by atoms with Crippen molar-refractivity contribution in [2.45, 2.75) is 6.92 Å². The maximum Gasteiger partial charge on any atom is 0.257 e. The van der Waals surface area contributed by atoms with Crippen molar-refractivity contribution in [3.05, 3.63) is 52.8 Å². The number of hydrogen-bond donors (Lipinski definition) is 2. The number of nitrogens with one attached hydrogen (secondary N) is 1. The lowest BCUT2D eigenvalue weighted by atomic mass is 10.1. The Morgan fingerprint density at radius 3 is 2.67 bits per heavy atom. The summed E-state index contributed by atoms with van der Waals surface area (Å²) >= 11 is 5.75. The highest BCUT2D eigenvalue weighted by Crippen LogP contribution is 2.18. The molecule has 92 valence electrons. The molecular formula is C13H12ClN3O. The molecule has 0 radical (unpaired) electrons. The van der Waals surface area contributed by atoms with Crippen molar-refractivity contribution >= 4 is 28.9 Å². The highest BCUT2D eigenvalue weighted by Gasteiger charge is 2.10. The second kappa shape index (κ2) is 5.06. The van der Waals surface area contributed by atoms with Gasteiger partial charge in [-0.25, -0.2) is 4.98 Å². The number of para-hydroxylation sites is 1. The molecule has 0 bridgehead atoms. The topological polar surface area (TPSA) is 68.0 Å². The van der Waals surface area contributed by atoms with E-state index in [0.29, 0.717) is 27.8 Å². The first-order chi connectivity index (χ1) is 8.58. The number of nitrogen functional groups attached to an aromatic ring is 1. The average Bonchev–Trinajstić information content (AvgIpc) is 2.33. The molecular weight excluding hydrogens is 250 g/mol. The second-order valence-electron chi connectivity index (χ2n) is 3.81. The van der Waals surface area contributed by atoms with Gasteiger partial charge in [-0.2, -0.15) is 0 Å². The van der Waals surface area contributed by atoms with E-state index in [0.717, 1.165) is 0 Å². The van der Waals surface area contributed by atoms with Crippen LogP contribution in [0.25, 0.3) is 0 Å². The molecule has 2 aromatic rings. The van der Waals surface area contributed by atoms with Gasteiger partial charge >= 0.3 is 0 Å². The van der Waals surface area contributed by atoms with E-state index in [1.165, 1.54) is 0 Å². The number of benzene rings is 1. The minimum atomic E-state index is -0.264. The molecule has 0 aliphatic rings. The number of anilines is 2. The molecule has 0 aliphatic heterocycles. The smallest absolute Gasteiger partial charge is 0.257 e. The van der Waals surface area contributed by atoms with Gasteiger partial charge in [-0.15, -0.1) is 0 Å². The van der Waals surface area contributed by atoms with Crippen molar-refractivity contribution in [3.63, 3.8) is 0 Å². The van der Waals surface area contributed by atoms with Crippen LogP contribution in [0, 0.1) is 6.92 Å². The zero-order valence-electron chi connectivity index (χ0n) is 9.77. The lowest BCUT2D eigenvalue weighted by molar-refractivity contribution is 0.102. The summed E-state index contributed by atoms with van der Waals surface area (Å²) < 4.78 is 0. The van der Waals surface area contributed by atoms with Crippen molar-refractivity contribution in [2.75, 3.05) is 11.1 Å². The monoisotopic (exact) mass is 261 g/mol. The number of carbonyl (C=O) groups excluding carboxylic acids is 1. The van der Waals surface area contributed by atoms with E-state index in [9.17, 15) is 4.79 Å². The number of hydrogen-bond acceptors (Lipinski definition) is 3. The van der Waals surface area contributed by atoms with Crippen molar-refractivity contribution in [1.82, 2.24) is 4.98 Å². The molecule has 5 heteroatoms. The third-order valence-electron chi connectivity index (χ3n) is 2.51. The van der Waals surface area contributed by atoms with E-state index in [1.54, 1.807) is 43.3 Å². The van der Waals surface area contributed by atoms with Crippen LogP contribution in [0.2, 0.25) is 5.15 Å². The van der Waals surface area contributed by atoms with E-state index in [1.807, 2.05) is 0 Å². The summed E-state index contributed by atoms with van der Waals surface area (Å²) in [5, 5.41) is 3.15. The molecule has 1 aromatic heterocycles. The van der Waals surface area contributed by atoms with Crippen molar-refractivity contribution in [1.29, 1.82) is 0 Å². The maximum atomic E-state index is 12.0. The molecule has 0 spiro atoms. The zero-order valence-corrected chi connectivity index (χ0v) is 10.5. The van der Waals surface area contributed by atoms with Gasteiger partial charge in [0.05, 0.1) is 16.9 Å². The van der Waals surface area contributed by atoms with Gasteiger partial charge in [0.15, 0.2) is 0 Å². The third-order valence-corrected chi connectivity index (χ3v) is 2.72. The van der Waals surface area contributed by atoms with Gasteiger partial charge in [-0.3, -0.25) is 4.79 Å². The number of aryl methyl sites for hydroxylation is 1. The molecule has 1 heterocycles. The molecule has 3 N–H and O–H groups in total. The van der Waals surface area contributed by atoms with Gasteiger partial charge in [-0.05, 0) is 31.2 Å². The molecule has 18 heavy (non-hydrogen) atoms. The normalized spacial score (nSPS) is 10.1. The highest BCUT2D eigenvalue weighted by molar-refractivity contribution is 6.29. The minimum Gasteiger partial charge on any atom is -0.398 e. The number of pyridine rings is 1. The van der Waals surface area contributed by atoms with Crippen LogP contribution in [0.1, 0.15) is 16.1 Å². The number of halogens is 1. The van der Waals surface area contributed by atoms with Gasteiger partial charge in [0.25, 0.3) is 5.91 Å². The summed E-state index contributed by atoms with van der Waals surface area (Å²) in [7, 11) is 0. The van der Waals surface area contributed by atoms with Crippen LogP contribution in [-0.4, -0.2) is 10.9 Å². The fourth-order valence-corrected chi connectivity index (χ4v) is 1.75. The standard InChI is InChI=1S/C13H12ClN3O/c1-8-11(6-7-12(14)16-8)17-13(18)9-4-2-3-5-10(9)15/h2-7H,15H2,1H3,(H,17,18). The van der Waals surface area contributed by atoms with Crippen LogP contribution in [0.5, 0.6) is 0 Å². The maximum absolute atomic E-state index is 12.0. The largest absolute Gasteiger partial charge is 0.398 e. The highest BCUT2D eigenvalue weighted by atomic mass is 35.5. The number of carbonyl (C=O) groups is 1. The number of rotatable bonds is 2. The average molecular weight is 262 g/mol. The van der Waals surface area contributed by atoms with Crippen molar-refractivity contribution in [2.24, 2.45) is 0 Å². The van der Waals surface area contributed by atoms with E-state index < -0.39 is 0 Å². The van der Waals surface area contributed by atoms with Crippen LogP contribution in [0.3, 0.4) is 0 Å². The third kappa shape index (κ3) is 2.60. The molecule has 0 saturated heterocycles. The van der Waals surface area contributed by atoms with E-state index in [4.69, 9.17) is 17.3 Å². The Balaban J connectivity index is 2.24. The first-order valence-corrected chi connectivity index (χ1v) is 5.74. The number of nitrogens with two attached hydrogens (primary N) is 1. The lowest BCUT2D eigenvalue weighted by Crippen LogP contribution is -2.15. The quantitative estimate of drug-likeness (QED) is 0.645. The Kier molecular flexibility index (Phi) is 3.48. The van der Waals surface area contributed by atoms with Gasteiger partial charge in [0.2, 0.25) is 0 Å². The number of aromatic nitrogens is 1. The molecule has 2 rings (SSSR count). The number of nitrogens with zero attached hydrogens (tertiary/aromatic N) is 1. The molecule has 0 atom stereocenters. The predicted molar refractivity (Wildman–Crippen MR) is 72.8 cm³/mol. The second-order valence-corrected chi connectivity index (χ2v) is 4.20. The first-order valence-electron chi connectivity index (χ1n) is 5.37. The fourth-order valence-electron chi connectivity index (χ4n) is 1.56. The molecule has 0 fully saturated rings. The molecule has 0 unspecified atom stereocenters. The predicted octanol–water partition coefficient (Wildman–Crippen LogP) is 2.88. The SMILES string of the molecule is Cc1nc(Cl)ccc1NC(=O)c1ccccc1N. The first kappa shape index (κ1) is 12.4. The Labute approximate surface area is 110 Å². The summed E-state index contributed by atoms with van der Waals surface area (Å²) in [6, 6.07) is 10.2. The van der Waals surface area contributed by atoms with Crippen molar-refractivity contribution < 1.29 is 4.79 Å². The van der Waals surface area contributed by atoms with Gasteiger partial charge in [0, 0.05) is 5.69 Å². The fraction of sp³-hybridized carbons (Fsp3) is 0.0769. The van der Waals surface area contributed by atoms with Crippen LogP contribution in [-0.2, 0) is 0 Å². The molecule has 1 aromatic carbocycles. The van der Waals surface area contributed by atoms with Gasteiger partial charge in [-0.1, -0.05) is 23.7 Å². The number of amides is 1. The summed E-state index contributed by atoms with van der Waals surface area (Å²) in [4.78, 5) is 16.1. The van der Waals surface area contributed by atoms with E-state index in [-0.39, 0.29) is 5.91 Å². The van der Waals surface area contributed by atoms with Crippen LogP contribution in [0.15, 0.2) is 36.4 Å². The van der Waals surface area contributed by atoms with Crippen LogP contribution < -0.4 is 11.1 Å². The summed E-state index contributed by atoms with van der Waals surface area (Å²) in [6.07, 6.45) is 0. The van der Waals surface area contributed by atoms with E-state index in [2.05, 4.69) is 10.3 Å². The minimum absolute atomic E-state index is 0.264. The molecule has 0 aliphatic carbocycles. The summed E-state index contributed by atoms with van der Waals surface area (Å²) in [5.74, 6) is -0.264. The Bertz CT molecular complexity index is 599. The summed E-state index contributed by atoms with van der Waals surface area (Å²) in [6.45, 7) is 1.77. The van der Waals surface area contributed by atoms with E-state index >= 15 is 0 Å². The van der Waals surface area contributed by atoms with Crippen LogP contribution in [0.4, 0.5) is 11.4 Å². The van der Waals surface area contributed by atoms with Gasteiger partial charge in [0.1, 0.15) is 5.15 Å². The van der Waals surface area contributed by atoms with Crippen molar-refractivity contribution in [3.8, 4) is 0 Å². The van der Waals surface area contributed by atoms with Gasteiger partial charge < -0.3 is 11.1 Å². The summed E-state index contributed by atoms with van der Waals surface area (Å²) in [5.41, 5.74) is 7.89. The molecule has 1 amide bonds. The van der Waals surface area contributed by atoms with Crippen LogP contribution >= 0.6 is 11.6 Å².